The van der Waals surface area contributed by atoms with Crippen LogP contribution in [0.2, 0.25) is 0 Å². The van der Waals surface area contributed by atoms with Crippen molar-refractivity contribution in [2.75, 3.05) is 11.9 Å². The monoisotopic (exact) mass is 287 g/mol. The summed E-state index contributed by atoms with van der Waals surface area (Å²) in [6.45, 7) is 2.70. The molecule has 4 heteroatoms. The molecule has 20 heavy (non-hydrogen) atoms. The van der Waals surface area contributed by atoms with Gasteiger partial charge in [-0.05, 0) is 6.42 Å². The summed E-state index contributed by atoms with van der Waals surface area (Å²) in [6.07, 6.45) is 9.39. The van der Waals surface area contributed by atoms with E-state index in [9.17, 15) is 13.2 Å². The van der Waals surface area contributed by atoms with Crippen LogP contribution in [-0.2, 0) is 0 Å². The van der Waals surface area contributed by atoms with Gasteiger partial charge in [-0.25, -0.2) is 13.2 Å². The molecule has 114 valence electrons. The van der Waals surface area contributed by atoms with Gasteiger partial charge < -0.3 is 5.32 Å². The highest BCUT2D eigenvalue weighted by molar-refractivity contribution is 5.46. The van der Waals surface area contributed by atoms with E-state index in [1.165, 1.54) is 32.1 Å². The van der Waals surface area contributed by atoms with E-state index in [-0.39, 0.29) is 5.69 Å². The van der Waals surface area contributed by atoms with Crippen LogP contribution in [0, 0.1) is 17.5 Å². The highest BCUT2D eigenvalue weighted by Gasteiger charge is 2.10. The minimum atomic E-state index is -0.891. The Kier molecular flexibility index (Phi) is 8.16. The summed E-state index contributed by atoms with van der Waals surface area (Å²) < 4.78 is 39.4. The van der Waals surface area contributed by atoms with Gasteiger partial charge in [-0.3, -0.25) is 0 Å². The largest absolute Gasteiger partial charge is 0.380 e. The number of hydrogen-bond donors (Lipinski definition) is 1. The maximum Gasteiger partial charge on any atom is 0.152 e. The number of hydrogen-bond acceptors (Lipinski definition) is 1. The van der Waals surface area contributed by atoms with Gasteiger partial charge in [-0.15, -0.1) is 0 Å². The summed E-state index contributed by atoms with van der Waals surface area (Å²) in [5, 5.41) is 2.70. The average molecular weight is 287 g/mol. The van der Waals surface area contributed by atoms with Gasteiger partial charge in [0.1, 0.15) is 11.5 Å². The van der Waals surface area contributed by atoms with E-state index in [0.717, 1.165) is 19.3 Å². The molecule has 0 aliphatic carbocycles. The number of nitrogens with one attached hydrogen (secondary N) is 1. The van der Waals surface area contributed by atoms with E-state index in [1.54, 1.807) is 0 Å². The Labute approximate surface area is 119 Å². The Morgan fingerprint density at radius 3 is 1.85 bits per heavy atom. The molecule has 0 fully saturated rings. The van der Waals surface area contributed by atoms with E-state index >= 15 is 0 Å². The van der Waals surface area contributed by atoms with Crippen molar-refractivity contribution < 1.29 is 13.2 Å². The van der Waals surface area contributed by atoms with Gasteiger partial charge in [-0.1, -0.05) is 51.9 Å². The molecule has 0 saturated heterocycles. The zero-order valence-electron chi connectivity index (χ0n) is 12.2. The molecular formula is C16H24F3N. The molecule has 1 rings (SSSR count). The van der Waals surface area contributed by atoms with Crippen molar-refractivity contribution in [1.82, 2.24) is 0 Å². The molecule has 0 atom stereocenters. The first-order valence-electron chi connectivity index (χ1n) is 7.53. The van der Waals surface area contributed by atoms with Crippen LogP contribution in [0.1, 0.15) is 58.3 Å². The third-order valence-electron chi connectivity index (χ3n) is 3.34. The molecule has 0 heterocycles. The summed E-state index contributed by atoms with van der Waals surface area (Å²) in [7, 11) is 0. The highest BCUT2D eigenvalue weighted by Crippen LogP contribution is 2.20. The predicted octanol–water partition coefficient (Wildman–Crippen LogP) is 5.66. The maximum absolute atomic E-state index is 13.3. The summed E-state index contributed by atoms with van der Waals surface area (Å²) in [4.78, 5) is 0. The average Bonchev–Trinajstić information content (AvgIpc) is 2.39. The normalized spacial score (nSPS) is 10.8. The van der Waals surface area contributed by atoms with Crippen molar-refractivity contribution in [3.8, 4) is 0 Å². The van der Waals surface area contributed by atoms with Crippen molar-refractivity contribution in [3.63, 3.8) is 0 Å². The topological polar surface area (TPSA) is 12.0 Å². The molecule has 0 aliphatic heterocycles. The molecule has 1 aromatic carbocycles. The zero-order valence-corrected chi connectivity index (χ0v) is 12.2. The number of unbranched alkanes of at least 4 members (excludes halogenated alkanes) is 7. The third-order valence-corrected chi connectivity index (χ3v) is 3.34. The van der Waals surface area contributed by atoms with E-state index in [2.05, 4.69) is 12.2 Å². The van der Waals surface area contributed by atoms with Crippen LogP contribution >= 0.6 is 0 Å². The lowest BCUT2D eigenvalue weighted by Gasteiger charge is -2.08. The molecular weight excluding hydrogens is 263 g/mol. The molecule has 0 saturated carbocycles. The van der Waals surface area contributed by atoms with Crippen molar-refractivity contribution in [2.45, 2.75) is 58.3 Å². The third kappa shape index (κ3) is 6.31. The Bertz CT molecular complexity index is 370. The van der Waals surface area contributed by atoms with Gasteiger partial charge in [0.2, 0.25) is 0 Å². The lowest BCUT2D eigenvalue weighted by atomic mass is 10.1. The van der Waals surface area contributed by atoms with Gasteiger partial charge in [0, 0.05) is 18.7 Å². The zero-order chi connectivity index (χ0) is 14.8. The summed E-state index contributed by atoms with van der Waals surface area (Å²) in [5.41, 5.74) is -0.227. The summed E-state index contributed by atoms with van der Waals surface area (Å²) in [5.74, 6) is -2.64. The lowest BCUT2D eigenvalue weighted by Crippen LogP contribution is -2.06. The van der Waals surface area contributed by atoms with Crippen LogP contribution < -0.4 is 5.32 Å². The fraction of sp³-hybridized carbons (Fsp3) is 0.625. The fourth-order valence-electron chi connectivity index (χ4n) is 2.18. The van der Waals surface area contributed by atoms with Gasteiger partial charge in [0.25, 0.3) is 0 Å². The molecule has 0 aliphatic rings. The number of benzene rings is 1. The van der Waals surface area contributed by atoms with Crippen molar-refractivity contribution in [2.24, 2.45) is 0 Å². The first-order chi connectivity index (χ1) is 9.65. The Hall–Kier alpha value is -1.19. The molecule has 0 unspecified atom stereocenters. The maximum atomic E-state index is 13.3. The Morgan fingerprint density at radius 1 is 0.800 bits per heavy atom. The SMILES string of the molecule is CCCCCCCCCCNc1c(F)cc(F)cc1F. The molecule has 1 nitrogen and oxygen atoms in total. The Balaban J connectivity index is 2.13. The van der Waals surface area contributed by atoms with E-state index in [4.69, 9.17) is 0 Å². The molecule has 0 bridgehead atoms. The van der Waals surface area contributed by atoms with Gasteiger partial charge >= 0.3 is 0 Å². The van der Waals surface area contributed by atoms with E-state index in [0.29, 0.717) is 18.7 Å². The van der Waals surface area contributed by atoms with Crippen LogP contribution in [0.15, 0.2) is 12.1 Å². The van der Waals surface area contributed by atoms with Crippen LogP contribution in [-0.4, -0.2) is 6.54 Å². The minimum Gasteiger partial charge on any atom is -0.380 e. The van der Waals surface area contributed by atoms with Crippen molar-refractivity contribution in [3.05, 3.63) is 29.6 Å². The Morgan fingerprint density at radius 2 is 1.30 bits per heavy atom. The smallest absolute Gasteiger partial charge is 0.152 e. The van der Waals surface area contributed by atoms with Crippen molar-refractivity contribution >= 4 is 5.69 Å². The molecule has 1 aromatic rings. The first-order valence-corrected chi connectivity index (χ1v) is 7.53. The quantitative estimate of drug-likeness (QED) is 0.548. The van der Waals surface area contributed by atoms with Gasteiger partial charge in [-0.2, -0.15) is 0 Å². The lowest BCUT2D eigenvalue weighted by molar-refractivity contribution is 0.545. The molecule has 0 radical (unpaired) electrons. The summed E-state index contributed by atoms with van der Waals surface area (Å²) in [6, 6.07) is 1.39. The highest BCUT2D eigenvalue weighted by atomic mass is 19.1. The second-order valence-corrected chi connectivity index (χ2v) is 5.15. The van der Waals surface area contributed by atoms with Gasteiger partial charge in [0.15, 0.2) is 11.6 Å². The first kappa shape index (κ1) is 16.9. The standard InChI is InChI=1S/C16H24F3N/c1-2-3-4-5-6-7-8-9-10-20-16-14(18)11-13(17)12-15(16)19/h11-12,20H,2-10H2,1H3. The predicted molar refractivity (Wildman–Crippen MR) is 77.4 cm³/mol. The van der Waals surface area contributed by atoms with Crippen LogP contribution in [0.5, 0.6) is 0 Å². The second-order valence-electron chi connectivity index (χ2n) is 5.15. The second kappa shape index (κ2) is 9.67. The molecule has 0 spiro atoms. The molecule has 0 aromatic heterocycles. The van der Waals surface area contributed by atoms with E-state index < -0.39 is 17.5 Å². The van der Waals surface area contributed by atoms with Crippen molar-refractivity contribution in [1.29, 1.82) is 0 Å². The van der Waals surface area contributed by atoms with Crippen LogP contribution in [0.25, 0.3) is 0 Å². The van der Waals surface area contributed by atoms with Crippen LogP contribution in [0.4, 0.5) is 18.9 Å². The molecule has 1 N–H and O–H groups in total. The van der Waals surface area contributed by atoms with Crippen LogP contribution in [0.3, 0.4) is 0 Å². The fourth-order valence-corrected chi connectivity index (χ4v) is 2.18. The minimum absolute atomic E-state index is 0.227. The molecule has 0 amide bonds. The van der Waals surface area contributed by atoms with Gasteiger partial charge in [0.05, 0.1) is 0 Å². The number of halogens is 3. The number of rotatable bonds is 10. The van der Waals surface area contributed by atoms with E-state index in [1.807, 2.05) is 0 Å². The number of anilines is 1. The summed E-state index contributed by atoms with van der Waals surface area (Å²) >= 11 is 0.